The summed E-state index contributed by atoms with van der Waals surface area (Å²) in [7, 11) is 1.11. The molecule has 0 saturated heterocycles. The summed E-state index contributed by atoms with van der Waals surface area (Å²) in [6.07, 6.45) is -1.25. The lowest BCUT2D eigenvalue weighted by molar-refractivity contribution is -0.485. The van der Waals surface area contributed by atoms with Gasteiger partial charge >= 0.3 is 12.1 Å². The number of rotatable bonds is 13. The molecule has 0 aliphatic rings. The van der Waals surface area contributed by atoms with E-state index in [4.69, 9.17) is 16.2 Å². The van der Waals surface area contributed by atoms with Gasteiger partial charge in [0.1, 0.15) is 23.8 Å². The number of hydrogen-bond donors (Lipinski definition) is 5. The summed E-state index contributed by atoms with van der Waals surface area (Å²) in [6.45, 7) is 0.0273. The van der Waals surface area contributed by atoms with E-state index < -0.39 is 53.4 Å². The van der Waals surface area contributed by atoms with Crippen LogP contribution in [0.3, 0.4) is 0 Å². The summed E-state index contributed by atoms with van der Waals surface area (Å²) in [5.41, 5.74) is 11.2. The van der Waals surface area contributed by atoms with Crippen LogP contribution in [0.1, 0.15) is 24.8 Å². The molecule has 2 atom stereocenters. The summed E-state index contributed by atoms with van der Waals surface area (Å²) in [6, 6.07) is 6.21. The molecule has 0 fully saturated rings. The highest BCUT2D eigenvalue weighted by molar-refractivity contribution is 5.92. The number of primary amides is 1. The van der Waals surface area contributed by atoms with E-state index in [-0.39, 0.29) is 26.0 Å². The van der Waals surface area contributed by atoms with Crippen LogP contribution in [-0.2, 0) is 30.5 Å². The fourth-order valence-corrected chi connectivity index (χ4v) is 2.63. The van der Waals surface area contributed by atoms with Gasteiger partial charge in [0.05, 0.1) is 13.5 Å². The molecular weight excluding hydrogens is 454 g/mol. The van der Waals surface area contributed by atoms with E-state index in [9.17, 15) is 29.3 Å². The van der Waals surface area contributed by atoms with Crippen molar-refractivity contribution in [3.8, 4) is 0 Å². The van der Waals surface area contributed by atoms with Gasteiger partial charge in [-0.15, -0.1) is 0 Å². The highest BCUT2D eigenvalue weighted by Gasteiger charge is 2.28. The van der Waals surface area contributed by atoms with Crippen LogP contribution in [-0.4, -0.2) is 60.6 Å². The third-order valence-electron chi connectivity index (χ3n) is 4.19. The topological polar surface area (TPSA) is 230 Å². The van der Waals surface area contributed by atoms with E-state index in [0.29, 0.717) is 5.56 Å². The third-order valence-corrected chi connectivity index (χ3v) is 4.19. The van der Waals surface area contributed by atoms with Crippen molar-refractivity contribution in [2.24, 2.45) is 16.6 Å². The van der Waals surface area contributed by atoms with Gasteiger partial charge in [0.15, 0.2) is 5.03 Å². The predicted molar refractivity (Wildman–Crippen MR) is 117 cm³/mol. The molecule has 1 rings (SSSR count). The molecule has 1 aromatic rings. The molecule has 0 heterocycles. The molecule has 0 aromatic heterocycles. The van der Waals surface area contributed by atoms with Crippen LogP contribution in [0, 0.1) is 10.1 Å². The molecule has 0 aliphatic carbocycles. The summed E-state index contributed by atoms with van der Waals surface area (Å²) < 4.78 is 9.70. The Bertz CT molecular complexity index is 894. The molecule has 0 spiro atoms. The summed E-state index contributed by atoms with van der Waals surface area (Å²) in [4.78, 5) is 58.4. The number of methoxy groups -OCH3 is 1. The lowest BCUT2D eigenvalue weighted by Gasteiger charge is -2.21. The molecule has 0 saturated carbocycles. The van der Waals surface area contributed by atoms with E-state index in [1.54, 1.807) is 30.3 Å². The average Bonchev–Trinajstić information content (AvgIpc) is 2.78. The Morgan fingerprint density at radius 2 is 1.79 bits per heavy atom. The fourth-order valence-electron chi connectivity index (χ4n) is 2.63. The third kappa shape index (κ3) is 11.3. The summed E-state index contributed by atoms with van der Waals surface area (Å²) >= 11 is 0. The molecule has 0 aliphatic heterocycles. The first-order valence-electron chi connectivity index (χ1n) is 9.98. The average molecular weight is 481 g/mol. The Kier molecular flexibility index (Phi) is 11.9. The van der Waals surface area contributed by atoms with E-state index in [0.717, 1.165) is 7.11 Å². The maximum Gasteiger partial charge on any atom is 0.408 e. The van der Waals surface area contributed by atoms with Crippen molar-refractivity contribution >= 4 is 29.8 Å². The minimum Gasteiger partial charge on any atom is -0.467 e. The minimum absolute atomic E-state index is 0.0406. The smallest absolute Gasteiger partial charge is 0.408 e. The number of nitrogens with two attached hydrogens (primary N) is 2. The Hall–Kier alpha value is -4.43. The van der Waals surface area contributed by atoms with Crippen LogP contribution in [0.15, 0.2) is 35.4 Å². The van der Waals surface area contributed by atoms with Gasteiger partial charge in [0.25, 0.3) is 5.96 Å². The van der Waals surface area contributed by atoms with Gasteiger partial charge in [-0.05, 0) is 18.4 Å². The van der Waals surface area contributed by atoms with Crippen molar-refractivity contribution in [3.63, 3.8) is 0 Å². The number of nitrogens with one attached hydrogen (secondary N) is 3. The molecule has 15 nitrogen and oxygen atoms in total. The standard InChI is InChI=1S/C19H27N7O8/c1-33-17(29)13(8-5-9-22-18(21)25-26(31)32)23-16(28)14(10-15(20)27)24-19(30)34-11-12-6-3-2-4-7-12/h2-4,6-7,13-14H,5,8-11H2,1H3,(H2,20,27)(H,23,28)(H,24,30)(H3,21,22,25)/t13-,14-/m1/s1. The van der Waals surface area contributed by atoms with E-state index in [2.05, 4.69) is 25.8 Å². The first-order valence-corrected chi connectivity index (χ1v) is 9.98. The van der Waals surface area contributed by atoms with E-state index in [1.165, 1.54) is 0 Å². The number of nitrogens with zero attached hydrogens (tertiary/aromatic N) is 2. The Morgan fingerprint density at radius 3 is 2.38 bits per heavy atom. The van der Waals surface area contributed by atoms with Gasteiger partial charge < -0.3 is 36.9 Å². The number of hydrazone groups is 1. The Balaban J connectivity index is 2.69. The number of guanidine groups is 1. The van der Waals surface area contributed by atoms with E-state index >= 15 is 0 Å². The normalized spacial score (nSPS) is 12.6. The Morgan fingerprint density at radius 1 is 1.12 bits per heavy atom. The first-order chi connectivity index (χ1) is 16.1. The highest BCUT2D eigenvalue weighted by Crippen LogP contribution is 2.04. The van der Waals surface area contributed by atoms with Crippen LogP contribution in [0.4, 0.5) is 4.79 Å². The van der Waals surface area contributed by atoms with Gasteiger partial charge in [-0.2, -0.15) is 0 Å². The molecule has 15 heteroatoms. The number of hydrogen-bond acceptors (Lipinski definition) is 8. The number of alkyl carbamates (subject to hydrolysis) is 1. The number of esters is 1. The molecule has 3 amide bonds. The maximum absolute atomic E-state index is 12.7. The van der Waals surface area contributed by atoms with Crippen LogP contribution in [0.5, 0.6) is 0 Å². The van der Waals surface area contributed by atoms with Crippen LogP contribution in [0.2, 0.25) is 0 Å². The number of amides is 3. The highest BCUT2D eigenvalue weighted by atomic mass is 16.7. The second kappa shape index (κ2) is 14.6. The molecule has 0 radical (unpaired) electrons. The van der Waals surface area contributed by atoms with E-state index in [1.807, 2.05) is 0 Å². The molecule has 1 aromatic carbocycles. The van der Waals surface area contributed by atoms with Crippen LogP contribution < -0.4 is 27.4 Å². The quantitative estimate of drug-likeness (QED) is 0.0557. The fraction of sp³-hybridized carbons (Fsp3) is 0.421. The van der Waals surface area contributed by atoms with Gasteiger partial charge in [-0.3, -0.25) is 9.59 Å². The van der Waals surface area contributed by atoms with Gasteiger partial charge in [0, 0.05) is 6.54 Å². The number of carbonyl (C=O) groups is 4. The SMILES string of the molecule is COC(=O)[C@@H](CCCN/C(N)=N\[N+](=O)[O-])NC(=O)[C@@H](CC(N)=O)NC(=O)OCc1ccccc1. The van der Waals surface area contributed by atoms with Crippen molar-refractivity contribution in [2.75, 3.05) is 13.7 Å². The molecule has 0 unspecified atom stereocenters. The molecular formula is C19H27N7O8. The predicted octanol–water partition coefficient (Wildman–Crippen LogP) is -1.31. The molecule has 186 valence electrons. The van der Waals surface area contributed by atoms with Crippen LogP contribution >= 0.6 is 0 Å². The van der Waals surface area contributed by atoms with Crippen molar-refractivity contribution in [1.29, 1.82) is 0 Å². The summed E-state index contributed by atoms with van der Waals surface area (Å²) in [5.74, 6) is -2.95. The van der Waals surface area contributed by atoms with Gasteiger partial charge in [0.2, 0.25) is 11.8 Å². The van der Waals surface area contributed by atoms with Gasteiger partial charge in [-0.1, -0.05) is 30.3 Å². The second-order valence-corrected chi connectivity index (χ2v) is 6.81. The number of nitro groups is 1. The zero-order chi connectivity index (χ0) is 25.5. The molecule has 7 N–H and O–H groups in total. The van der Waals surface area contributed by atoms with Crippen molar-refractivity contribution in [1.82, 2.24) is 16.0 Å². The largest absolute Gasteiger partial charge is 0.467 e. The maximum atomic E-state index is 12.7. The number of ether oxygens (including phenoxy) is 2. The van der Waals surface area contributed by atoms with Crippen LogP contribution in [0.25, 0.3) is 0 Å². The Labute approximate surface area is 194 Å². The number of benzene rings is 1. The monoisotopic (exact) mass is 481 g/mol. The molecule has 0 bridgehead atoms. The van der Waals surface area contributed by atoms with Crippen molar-refractivity contribution < 1.29 is 33.7 Å². The van der Waals surface area contributed by atoms with Gasteiger partial charge in [-0.25, -0.2) is 19.7 Å². The lowest BCUT2D eigenvalue weighted by Crippen LogP contribution is -2.53. The zero-order valence-electron chi connectivity index (χ0n) is 18.4. The first kappa shape index (κ1) is 27.6. The van der Waals surface area contributed by atoms with Crippen molar-refractivity contribution in [2.45, 2.75) is 38.0 Å². The summed E-state index contributed by atoms with van der Waals surface area (Å²) in [5, 5.41) is 19.2. The number of carbonyl (C=O) groups excluding carboxylic acids is 4. The zero-order valence-corrected chi connectivity index (χ0v) is 18.4. The lowest BCUT2D eigenvalue weighted by atomic mass is 10.1. The minimum atomic E-state index is -1.41. The second-order valence-electron chi connectivity index (χ2n) is 6.81. The van der Waals surface area contributed by atoms with Crippen molar-refractivity contribution in [3.05, 3.63) is 46.0 Å². The molecule has 34 heavy (non-hydrogen) atoms.